The Morgan fingerprint density at radius 2 is 1.69 bits per heavy atom. The fourth-order valence-corrected chi connectivity index (χ4v) is 3.18. The van der Waals surface area contributed by atoms with Gasteiger partial charge in [0.05, 0.1) is 10.0 Å². The largest absolute Gasteiger partial charge is 0.385 e. The van der Waals surface area contributed by atoms with Gasteiger partial charge in [-0.2, -0.15) is 0 Å². The van der Waals surface area contributed by atoms with Crippen molar-refractivity contribution >= 4 is 40.5 Å². The molecule has 0 radical (unpaired) electrons. The zero-order valence-electron chi connectivity index (χ0n) is 14.3. The van der Waals surface area contributed by atoms with Crippen LogP contribution in [-0.2, 0) is 0 Å². The average molecular weight is 390 g/mol. The van der Waals surface area contributed by atoms with Gasteiger partial charge in [-0.3, -0.25) is 4.79 Å². The fraction of sp³-hybridized carbons (Fsp3) is 0.158. The van der Waals surface area contributed by atoms with Crippen LogP contribution in [0.25, 0.3) is 11.3 Å². The highest BCUT2D eigenvalue weighted by Gasteiger charge is 2.24. The third-order valence-corrected chi connectivity index (χ3v) is 4.44. The number of rotatable bonds is 5. The molecule has 0 aliphatic carbocycles. The molecule has 0 unspecified atom stereocenters. The molecule has 0 spiro atoms. The summed E-state index contributed by atoms with van der Waals surface area (Å²) in [5, 5.41) is 10.8. The second kappa shape index (κ2) is 7.81. The van der Waals surface area contributed by atoms with E-state index in [1.807, 2.05) is 31.2 Å². The zero-order chi connectivity index (χ0) is 18.7. The van der Waals surface area contributed by atoms with E-state index in [-0.39, 0.29) is 5.91 Å². The Bertz CT molecular complexity index is 916. The molecule has 0 bridgehead atoms. The Kier molecular flexibility index (Phi) is 5.49. The summed E-state index contributed by atoms with van der Waals surface area (Å²) in [6, 6.07) is 12.5. The summed E-state index contributed by atoms with van der Waals surface area (Å²) in [4.78, 5) is 12.8. The fourth-order valence-electron chi connectivity index (χ4n) is 2.60. The van der Waals surface area contributed by atoms with Crippen LogP contribution in [0.15, 0.2) is 47.0 Å². The van der Waals surface area contributed by atoms with E-state index in [0.29, 0.717) is 38.3 Å². The molecule has 0 saturated carbocycles. The van der Waals surface area contributed by atoms with Gasteiger partial charge < -0.3 is 15.2 Å². The molecule has 1 amide bonds. The Hall–Kier alpha value is -2.50. The van der Waals surface area contributed by atoms with Crippen molar-refractivity contribution in [3.05, 3.63) is 63.8 Å². The number of halogens is 2. The van der Waals surface area contributed by atoms with Gasteiger partial charge in [0.15, 0.2) is 0 Å². The molecule has 3 rings (SSSR count). The van der Waals surface area contributed by atoms with E-state index < -0.39 is 0 Å². The number of hydrogen-bond acceptors (Lipinski definition) is 4. The zero-order valence-corrected chi connectivity index (χ0v) is 15.8. The minimum atomic E-state index is -0.342. The van der Waals surface area contributed by atoms with Gasteiger partial charge in [0.2, 0.25) is 0 Å². The summed E-state index contributed by atoms with van der Waals surface area (Å²) in [5.74, 6) is 0.0451. The lowest BCUT2D eigenvalue weighted by molar-refractivity contribution is 0.102. The number of nitrogens with zero attached hydrogens (tertiary/aromatic N) is 1. The summed E-state index contributed by atoms with van der Waals surface area (Å²) in [7, 11) is 0. The molecule has 0 fully saturated rings. The number of benzene rings is 2. The van der Waals surface area contributed by atoms with E-state index in [2.05, 4.69) is 15.8 Å². The molecular formula is C19H17Cl2N3O2. The van der Waals surface area contributed by atoms with E-state index in [0.717, 1.165) is 12.2 Å². The van der Waals surface area contributed by atoms with Crippen LogP contribution in [0.5, 0.6) is 0 Å². The summed E-state index contributed by atoms with van der Waals surface area (Å²) in [5.41, 5.74) is 2.74. The van der Waals surface area contributed by atoms with Crippen LogP contribution < -0.4 is 10.6 Å². The van der Waals surface area contributed by atoms with Crippen LogP contribution in [0.2, 0.25) is 10.0 Å². The van der Waals surface area contributed by atoms with Gasteiger partial charge in [-0.1, -0.05) is 34.4 Å². The first-order valence-corrected chi connectivity index (χ1v) is 8.82. The van der Waals surface area contributed by atoms with Gasteiger partial charge in [-0.25, -0.2) is 0 Å². The summed E-state index contributed by atoms with van der Waals surface area (Å²) in [6.07, 6.45) is 0. The number of aryl methyl sites for hydroxylation is 1. The molecule has 1 heterocycles. The first kappa shape index (κ1) is 18.3. The smallest absolute Gasteiger partial charge is 0.261 e. The van der Waals surface area contributed by atoms with E-state index in [4.69, 9.17) is 27.7 Å². The van der Waals surface area contributed by atoms with Crippen molar-refractivity contribution in [2.24, 2.45) is 0 Å². The normalized spacial score (nSPS) is 10.6. The molecule has 2 aromatic carbocycles. The monoisotopic (exact) mass is 389 g/mol. The third-order valence-electron chi connectivity index (χ3n) is 3.81. The van der Waals surface area contributed by atoms with Gasteiger partial charge in [0, 0.05) is 23.5 Å². The lowest BCUT2D eigenvalue weighted by atomic mass is 10.1. The van der Waals surface area contributed by atoms with Crippen molar-refractivity contribution in [3.8, 4) is 11.3 Å². The number of anilines is 2. The first-order chi connectivity index (χ1) is 12.5. The standard InChI is InChI=1S/C19H17Cl2N3O2/c1-3-22-12-7-9-13(10-8-12)23-19(25)16-11(2)26-24-18(16)17-14(20)5-4-6-15(17)21/h4-10,22H,3H2,1-2H3,(H,23,25). The number of aromatic nitrogens is 1. The van der Waals surface area contributed by atoms with Gasteiger partial charge in [-0.15, -0.1) is 0 Å². The average Bonchev–Trinajstić information content (AvgIpc) is 2.98. The second-order valence-corrected chi connectivity index (χ2v) is 6.44. The lowest BCUT2D eigenvalue weighted by Crippen LogP contribution is -2.13. The van der Waals surface area contributed by atoms with Crippen molar-refractivity contribution in [3.63, 3.8) is 0 Å². The molecule has 134 valence electrons. The number of nitrogens with one attached hydrogen (secondary N) is 2. The van der Waals surface area contributed by atoms with E-state index in [1.54, 1.807) is 25.1 Å². The maximum Gasteiger partial charge on any atom is 0.261 e. The summed E-state index contributed by atoms with van der Waals surface area (Å²) in [6.45, 7) is 4.52. The molecule has 7 heteroatoms. The number of amides is 1. The molecule has 0 saturated heterocycles. The van der Waals surface area contributed by atoms with Crippen molar-refractivity contribution in [2.45, 2.75) is 13.8 Å². The number of carbonyl (C=O) groups is 1. The van der Waals surface area contributed by atoms with Crippen molar-refractivity contribution in [1.29, 1.82) is 0 Å². The Morgan fingerprint density at radius 3 is 2.31 bits per heavy atom. The highest BCUT2D eigenvalue weighted by atomic mass is 35.5. The van der Waals surface area contributed by atoms with E-state index >= 15 is 0 Å². The predicted octanol–water partition coefficient (Wildman–Crippen LogP) is 5.64. The number of carbonyl (C=O) groups excluding carboxylic acids is 1. The second-order valence-electron chi connectivity index (χ2n) is 5.62. The Balaban J connectivity index is 1.92. The minimum Gasteiger partial charge on any atom is -0.385 e. The van der Waals surface area contributed by atoms with Gasteiger partial charge in [0.1, 0.15) is 17.0 Å². The molecule has 5 nitrogen and oxygen atoms in total. The highest BCUT2D eigenvalue weighted by Crippen LogP contribution is 2.37. The maximum atomic E-state index is 12.8. The molecule has 26 heavy (non-hydrogen) atoms. The van der Waals surface area contributed by atoms with Crippen LogP contribution in [-0.4, -0.2) is 17.6 Å². The van der Waals surface area contributed by atoms with Crippen molar-refractivity contribution in [1.82, 2.24) is 5.16 Å². The quantitative estimate of drug-likeness (QED) is 0.592. The molecule has 1 aromatic heterocycles. The van der Waals surface area contributed by atoms with Gasteiger partial charge in [0.25, 0.3) is 5.91 Å². The van der Waals surface area contributed by atoms with Crippen molar-refractivity contribution in [2.75, 3.05) is 17.2 Å². The molecule has 2 N–H and O–H groups in total. The molecule has 0 aliphatic rings. The number of hydrogen-bond donors (Lipinski definition) is 2. The van der Waals surface area contributed by atoms with Gasteiger partial charge >= 0.3 is 0 Å². The SMILES string of the molecule is CCNc1ccc(NC(=O)c2c(-c3c(Cl)cccc3Cl)noc2C)cc1. The maximum absolute atomic E-state index is 12.8. The Morgan fingerprint density at radius 1 is 1.08 bits per heavy atom. The van der Waals surface area contributed by atoms with E-state index in [9.17, 15) is 4.79 Å². The van der Waals surface area contributed by atoms with Crippen LogP contribution >= 0.6 is 23.2 Å². The van der Waals surface area contributed by atoms with Gasteiger partial charge in [-0.05, 0) is 50.2 Å². The van der Waals surface area contributed by atoms with E-state index in [1.165, 1.54) is 0 Å². The Labute approximate surface area is 161 Å². The molecular weight excluding hydrogens is 373 g/mol. The first-order valence-electron chi connectivity index (χ1n) is 8.07. The molecule has 0 aliphatic heterocycles. The topological polar surface area (TPSA) is 67.2 Å². The van der Waals surface area contributed by atoms with Crippen LogP contribution in [0.1, 0.15) is 23.0 Å². The molecule has 0 atom stereocenters. The summed E-state index contributed by atoms with van der Waals surface area (Å²) < 4.78 is 5.23. The minimum absolute atomic E-state index is 0.302. The van der Waals surface area contributed by atoms with Crippen LogP contribution in [0, 0.1) is 6.92 Å². The van der Waals surface area contributed by atoms with Crippen LogP contribution in [0.3, 0.4) is 0 Å². The summed E-state index contributed by atoms with van der Waals surface area (Å²) >= 11 is 12.5. The lowest BCUT2D eigenvalue weighted by Gasteiger charge is -2.09. The third kappa shape index (κ3) is 3.69. The highest BCUT2D eigenvalue weighted by molar-refractivity contribution is 6.39. The van der Waals surface area contributed by atoms with Crippen molar-refractivity contribution < 1.29 is 9.32 Å². The molecule has 3 aromatic rings. The van der Waals surface area contributed by atoms with Crippen LogP contribution in [0.4, 0.5) is 11.4 Å². The predicted molar refractivity (Wildman–Crippen MR) is 105 cm³/mol.